The Hall–Kier alpha value is -2.27. The highest BCUT2D eigenvalue weighted by atomic mass is 16.5. The minimum Gasteiger partial charge on any atom is -0.469 e. The number of ether oxygens (including phenoxy) is 1. The number of hydrogen-bond acceptors (Lipinski definition) is 3. The van der Waals surface area contributed by atoms with Crippen molar-refractivity contribution in [1.82, 2.24) is 10.2 Å². The zero-order valence-corrected chi connectivity index (χ0v) is 12.4. The van der Waals surface area contributed by atoms with E-state index in [9.17, 15) is 4.79 Å². The third-order valence-corrected chi connectivity index (χ3v) is 3.75. The van der Waals surface area contributed by atoms with Gasteiger partial charge in [-0.15, -0.1) is 0 Å². The molecule has 1 fully saturated rings. The van der Waals surface area contributed by atoms with E-state index in [-0.39, 0.29) is 12.1 Å². The molecule has 2 amide bonds. The van der Waals surface area contributed by atoms with Crippen LogP contribution in [0, 0.1) is 0 Å². The average molecular weight is 300 g/mol. The number of rotatable bonds is 4. The van der Waals surface area contributed by atoms with E-state index < -0.39 is 0 Å². The molecular formula is C17H20N2O3. The van der Waals surface area contributed by atoms with E-state index >= 15 is 0 Å². The Morgan fingerprint density at radius 3 is 2.86 bits per heavy atom. The summed E-state index contributed by atoms with van der Waals surface area (Å²) < 4.78 is 11.0. The molecule has 3 rings (SSSR count). The molecule has 0 unspecified atom stereocenters. The van der Waals surface area contributed by atoms with Crippen molar-refractivity contribution in [1.29, 1.82) is 0 Å². The van der Waals surface area contributed by atoms with Crippen LogP contribution in [0.1, 0.15) is 17.4 Å². The second-order valence-electron chi connectivity index (χ2n) is 5.28. The summed E-state index contributed by atoms with van der Waals surface area (Å²) in [5.41, 5.74) is 1.11. The lowest BCUT2D eigenvalue weighted by Gasteiger charge is -2.33. The Kier molecular flexibility index (Phi) is 4.75. The summed E-state index contributed by atoms with van der Waals surface area (Å²) in [4.78, 5) is 14.0. The van der Waals surface area contributed by atoms with Gasteiger partial charge in [0, 0.05) is 19.5 Å². The van der Waals surface area contributed by atoms with Crippen LogP contribution < -0.4 is 5.32 Å². The van der Waals surface area contributed by atoms with Gasteiger partial charge in [-0.25, -0.2) is 4.79 Å². The minimum atomic E-state index is -0.0502. The van der Waals surface area contributed by atoms with E-state index in [1.54, 1.807) is 6.26 Å². The van der Waals surface area contributed by atoms with Crippen molar-refractivity contribution in [2.75, 3.05) is 26.2 Å². The molecule has 0 bridgehead atoms. The molecule has 1 aromatic carbocycles. The fraction of sp³-hybridized carbons (Fsp3) is 0.353. The van der Waals surface area contributed by atoms with Crippen LogP contribution in [0.3, 0.4) is 0 Å². The van der Waals surface area contributed by atoms with Gasteiger partial charge in [0.15, 0.2) is 0 Å². The maximum Gasteiger partial charge on any atom is 0.317 e. The molecule has 1 aromatic heterocycles. The van der Waals surface area contributed by atoms with Crippen molar-refractivity contribution in [3.8, 4) is 0 Å². The lowest BCUT2D eigenvalue weighted by molar-refractivity contribution is -0.0154. The number of nitrogens with zero attached hydrogens (tertiary/aromatic N) is 1. The summed E-state index contributed by atoms with van der Waals surface area (Å²) in [6.45, 7) is 2.33. The first-order valence-electron chi connectivity index (χ1n) is 7.54. The van der Waals surface area contributed by atoms with Crippen LogP contribution in [0.5, 0.6) is 0 Å². The van der Waals surface area contributed by atoms with E-state index in [0.29, 0.717) is 32.7 Å². The van der Waals surface area contributed by atoms with Crippen molar-refractivity contribution in [3.63, 3.8) is 0 Å². The van der Waals surface area contributed by atoms with Gasteiger partial charge in [-0.2, -0.15) is 0 Å². The highest BCUT2D eigenvalue weighted by molar-refractivity contribution is 5.74. The van der Waals surface area contributed by atoms with E-state index in [1.807, 2.05) is 47.4 Å². The van der Waals surface area contributed by atoms with Crippen molar-refractivity contribution in [2.45, 2.75) is 12.5 Å². The van der Waals surface area contributed by atoms with Gasteiger partial charge in [-0.1, -0.05) is 30.3 Å². The number of carbonyl (C=O) groups is 1. The topological polar surface area (TPSA) is 54.7 Å². The molecule has 1 aliphatic rings. The fourth-order valence-corrected chi connectivity index (χ4v) is 2.56. The van der Waals surface area contributed by atoms with Gasteiger partial charge < -0.3 is 19.4 Å². The Bertz CT molecular complexity index is 583. The lowest BCUT2D eigenvalue weighted by Crippen LogP contribution is -2.47. The van der Waals surface area contributed by atoms with E-state index in [4.69, 9.17) is 9.15 Å². The van der Waals surface area contributed by atoms with Gasteiger partial charge in [0.1, 0.15) is 11.9 Å². The van der Waals surface area contributed by atoms with Gasteiger partial charge >= 0.3 is 6.03 Å². The first kappa shape index (κ1) is 14.7. The predicted octanol–water partition coefficient (Wildman–Crippen LogP) is 2.61. The summed E-state index contributed by atoms with van der Waals surface area (Å²) in [6, 6.07) is 13.7. The summed E-state index contributed by atoms with van der Waals surface area (Å²) in [6.07, 6.45) is 2.29. The molecule has 22 heavy (non-hydrogen) atoms. The second kappa shape index (κ2) is 7.13. The first-order chi connectivity index (χ1) is 10.8. The molecule has 5 heteroatoms. The lowest BCUT2D eigenvalue weighted by atomic mass is 10.1. The van der Waals surface area contributed by atoms with Crippen molar-refractivity contribution < 1.29 is 13.9 Å². The van der Waals surface area contributed by atoms with Gasteiger partial charge in [-0.3, -0.25) is 0 Å². The largest absolute Gasteiger partial charge is 0.469 e. The summed E-state index contributed by atoms with van der Waals surface area (Å²) in [5, 5.41) is 2.93. The highest BCUT2D eigenvalue weighted by Crippen LogP contribution is 2.21. The number of amides is 2. The molecule has 1 atom stereocenters. The molecule has 1 aliphatic heterocycles. The van der Waals surface area contributed by atoms with Crippen molar-refractivity contribution >= 4 is 6.03 Å². The quantitative estimate of drug-likeness (QED) is 0.944. The zero-order valence-electron chi connectivity index (χ0n) is 12.4. The summed E-state index contributed by atoms with van der Waals surface area (Å²) in [5.74, 6) is 0.879. The van der Waals surface area contributed by atoms with Crippen LogP contribution in [0.4, 0.5) is 4.79 Å². The molecule has 0 spiro atoms. The molecule has 116 valence electrons. The second-order valence-corrected chi connectivity index (χ2v) is 5.28. The number of benzene rings is 1. The Balaban J connectivity index is 1.49. The van der Waals surface area contributed by atoms with Gasteiger partial charge in [0.05, 0.1) is 19.4 Å². The van der Waals surface area contributed by atoms with Gasteiger partial charge in [0.25, 0.3) is 0 Å². The summed E-state index contributed by atoms with van der Waals surface area (Å²) in [7, 11) is 0. The maximum atomic E-state index is 12.2. The fourth-order valence-electron chi connectivity index (χ4n) is 2.56. The Morgan fingerprint density at radius 1 is 1.23 bits per heavy atom. The van der Waals surface area contributed by atoms with E-state index in [0.717, 1.165) is 11.3 Å². The van der Waals surface area contributed by atoms with Crippen LogP contribution >= 0.6 is 0 Å². The maximum absolute atomic E-state index is 12.2. The number of nitrogens with one attached hydrogen (secondary N) is 1. The Morgan fingerprint density at radius 2 is 2.09 bits per heavy atom. The highest BCUT2D eigenvalue weighted by Gasteiger charge is 2.24. The number of morpholine rings is 1. The average Bonchev–Trinajstić information content (AvgIpc) is 3.09. The Labute approximate surface area is 129 Å². The van der Waals surface area contributed by atoms with Gasteiger partial charge in [-0.05, 0) is 17.7 Å². The number of hydrogen-bond donors (Lipinski definition) is 1. The molecule has 2 heterocycles. The molecule has 0 radical (unpaired) electrons. The SMILES string of the molecule is O=C(NCCc1ccco1)N1CCO[C@@H](c2ccccc2)C1. The van der Waals surface area contributed by atoms with E-state index in [2.05, 4.69) is 5.32 Å². The zero-order chi connectivity index (χ0) is 15.2. The number of urea groups is 1. The number of carbonyl (C=O) groups excluding carboxylic acids is 1. The molecule has 1 N–H and O–H groups in total. The molecule has 5 nitrogen and oxygen atoms in total. The first-order valence-corrected chi connectivity index (χ1v) is 7.54. The van der Waals surface area contributed by atoms with Crippen LogP contribution in [0.2, 0.25) is 0 Å². The molecule has 2 aromatic rings. The number of furan rings is 1. The normalized spacial score (nSPS) is 18.2. The minimum absolute atomic E-state index is 0.0456. The smallest absolute Gasteiger partial charge is 0.317 e. The van der Waals surface area contributed by atoms with Crippen LogP contribution in [0.25, 0.3) is 0 Å². The van der Waals surface area contributed by atoms with Crippen LogP contribution in [-0.2, 0) is 11.2 Å². The van der Waals surface area contributed by atoms with Crippen molar-refractivity contribution in [2.24, 2.45) is 0 Å². The standard InChI is InChI=1S/C17H20N2O3/c20-17(18-9-8-15-7-4-11-21-15)19-10-12-22-16(13-19)14-5-2-1-3-6-14/h1-7,11,16H,8-10,12-13H2,(H,18,20)/t16-/m1/s1. The summed E-state index contributed by atoms with van der Waals surface area (Å²) >= 11 is 0. The monoisotopic (exact) mass is 300 g/mol. The molecule has 0 saturated carbocycles. The molecular weight excluding hydrogens is 280 g/mol. The predicted molar refractivity (Wildman–Crippen MR) is 82.5 cm³/mol. The molecule has 0 aliphatic carbocycles. The van der Waals surface area contributed by atoms with Crippen LogP contribution in [-0.4, -0.2) is 37.2 Å². The third kappa shape index (κ3) is 3.68. The van der Waals surface area contributed by atoms with E-state index in [1.165, 1.54) is 0 Å². The van der Waals surface area contributed by atoms with Gasteiger partial charge in [0.2, 0.25) is 0 Å². The molecule has 1 saturated heterocycles. The van der Waals surface area contributed by atoms with Crippen LogP contribution in [0.15, 0.2) is 53.1 Å². The third-order valence-electron chi connectivity index (χ3n) is 3.75. The van der Waals surface area contributed by atoms with Crippen molar-refractivity contribution in [3.05, 3.63) is 60.1 Å².